The molecule has 1 amide bonds. The first-order valence-corrected chi connectivity index (χ1v) is 9.19. The summed E-state index contributed by atoms with van der Waals surface area (Å²) in [7, 11) is 4.78. The maximum atomic E-state index is 12.9. The highest BCUT2D eigenvalue weighted by Gasteiger charge is 2.29. The molecule has 0 aliphatic carbocycles. The molecule has 1 aliphatic heterocycles. The minimum atomic E-state index is -0.0247. The van der Waals surface area contributed by atoms with Gasteiger partial charge in [0.25, 0.3) is 11.8 Å². The molecule has 0 atom stereocenters. The van der Waals surface area contributed by atoms with Crippen LogP contribution in [-0.2, 0) is 17.8 Å². The second kappa shape index (κ2) is 7.92. The Morgan fingerprint density at radius 3 is 2.69 bits per heavy atom. The van der Waals surface area contributed by atoms with Crippen LogP contribution in [0.2, 0.25) is 0 Å². The summed E-state index contributed by atoms with van der Waals surface area (Å²) in [6.45, 7) is 1.71. The van der Waals surface area contributed by atoms with E-state index in [1.165, 1.54) is 0 Å². The Bertz CT molecular complexity index is 1050. The van der Waals surface area contributed by atoms with E-state index in [4.69, 9.17) is 14.2 Å². The van der Waals surface area contributed by atoms with Gasteiger partial charge in [-0.3, -0.25) is 9.48 Å². The Morgan fingerprint density at radius 2 is 1.93 bits per heavy atom. The molecule has 0 N–H and O–H groups in total. The molecule has 8 nitrogen and oxygen atoms in total. The molecule has 29 heavy (non-hydrogen) atoms. The van der Waals surface area contributed by atoms with Crippen LogP contribution >= 0.6 is 0 Å². The molecule has 0 radical (unpaired) electrons. The summed E-state index contributed by atoms with van der Waals surface area (Å²) in [5, 5.41) is 4.30. The van der Waals surface area contributed by atoms with Crippen LogP contribution in [0.5, 0.6) is 11.6 Å². The van der Waals surface area contributed by atoms with Gasteiger partial charge in [-0.2, -0.15) is 5.10 Å². The number of carbonyl (C=O) groups excluding carboxylic acids is 1. The van der Waals surface area contributed by atoms with E-state index in [1.54, 1.807) is 43.3 Å². The topological polar surface area (TPSA) is 78.7 Å². The van der Waals surface area contributed by atoms with E-state index in [1.807, 2.05) is 30.5 Å². The van der Waals surface area contributed by atoms with Crippen molar-refractivity contribution >= 4 is 11.6 Å². The van der Waals surface area contributed by atoms with Gasteiger partial charge in [0.15, 0.2) is 5.75 Å². The molecule has 3 heterocycles. The molecule has 0 saturated heterocycles. The van der Waals surface area contributed by atoms with Crippen LogP contribution in [0.25, 0.3) is 11.1 Å². The highest BCUT2D eigenvalue weighted by Crippen LogP contribution is 2.34. The van der Waals surface area contributed by atoms with Gasteiger partial charge >= 0.3 is 0 Å². The van der Waals surface area contributed by atoms with Crippen LogP contribution in [0.4, 0.5) is 5.69 Å². The van der Waals surface area contributed by atoms with Gasteiger partial charge in [-0.1, -0.05) is 6.07 Å². The molecule has 0 unspecified atom stereocenters. The molecule has 4 rings (SSSR count). The Morgan fingerprint density at radius 1 is 1.07 bits per heavy atom. The van der Waals surface area contributed by atoms with Crippen molar-refractivity contribution in [2.45, 2.75) is 13.1 Å². The molecule has 150 valence electrons. The Labute approximate surface area is 168 Å². The molecule has 0 spiro atoms. The van der Waals surface area contributed by atoms with Crippen LogP contribution in [0.1, 0.15) is 15.9 Å². The maximum Gasteiger partial charge on any atom is 0.259 e. The molecule has 0 fully saturated rings. The number of pyridine rings is 1. The Hall–Kier alpha value is -3.39. The summed E-state index contributed by atoms with van der Waals surface area (Å²) in [4.78, 5) is 18.9. The van der Waals surface area contributed by atoms with Crippen LogP contribution < -0.4 is 14.4 Å². The zero-order valence-corrected chi connectivity index (χ0v) is 16.6. The standard InChI is InChI=1S/C21H22N4O4/c1-27-7-6-24-13-17(11-23-24)25-12-16-8-14(4-5-18(16)21(25)26)15-9-19(28-2)20(29-3)22-10-15/h4-5,8-11,13H,6-7,12H2,1-3H3. The number of fused-ring (bicyclic) bond motifs is 1. The number of rotatable bonds is 7. The Kier molecular flexibility index (Phi) is 5.18. The van der Waals surface area contributed by atoms with Crippen LogP contribution in [-0.4, -0.2) is 48.6 Å². The summed E-state index contributed by atoms with van der Waals surface area (Å²) in [6, 6.07) is 7.68. The highest BCUT2D eigenvalue weighted by atomic mass is 16.5. The lowest BCUT2D eigenvalue weighted by Gasteiger charge is -2.12. The minimum Gasteiger partial charge on any atom is -0.491 e. The number of nitrogens with zero attached hydrogens (tertiary/aromatic N) is 4. The summed E-state index contributed by atoms with van der Waals surface area (Å²) in [5.41, 5.74) is 4.29. The third-order valence-corrected chi connectivity index (χ3v) is 4.93. The smallest absolute Gasteiger partial charge is 0.259 e. The molecule has 1 aliphatic rings. The summed E-state index contributed by atoms with van der Waals surface area (Å²) in [6.07, 6.45) is 5.30. The van der Waals surface area contributed by atoms with Crippen molar-refractivity contribution in [3.63, 3.8) is 0 Å². The lowest BCUT2D eigenvalue weighted by molar-refractivity contribution is 0.0996. The average molecular weight is 394 g/mol. The molecule has 0 bridgehead atoms. The number of hydrogen-bond donors (Lipinski definition) is 0. The normalized spacial score (nSPS) is 12.9. The van der Waals surface area contributed by atoms with Crippen molar-refractivity contribution in [1.82, 2.24) is 14.8 Å². The first-order valence-electron chi connectivity index (χ1n) is 9.19. The van der Waals surface area contributed by atoms with Gasteiger partial charge in [0.05, 0.1) is 45.8 Å². The predicted octanol–water partition coefficient (Wildman–Crippen LogP) is 2.77. The molecular formula is C21H22N4O4. The molecular weight excluding hydrogens is 372 g/mol. The molecule has 3 aromatic rings. The van der Waals surface area contributed by atoms with E-state index in [0.717, 1.165) is 22.4 Å². The van der Waals surface area contributed by atoms with Gasteiger partial charge in [-0.05, 0) is 29.3 Å². The zero-order chi connectivity index (χ0) is 20.4. The van der Waals surface area contributed by atoms with Crippen LogP contribution in [0.3, 0.4) is 0 Å². The van der Waals surface area contributed by atoms with Gasteiger partial charge < -0.3 is 19.1 Å². The molecule has 2 aromatic heterocycles. The second-order valence-electron chi connectivity index (χ2n) is 6.65. The van der Waals surface area contributed by atoms with Gasteiger partial charge in [0, 0.05) is 30.6 Å². The number of benzene rings is 1. The van der Waals surface area contributed by atoms with E-state index in [0.29, 0.717) is 36.9 Å². The Balaban J connectivity index is 1.60. The molecule has 1 aromatic carbocycles. The zero-order valence-electron chi connectivity index (χ0n) is 16.6. The van der Waals surface area contributed by atoms with Crippen molar-refractivity contribution in [3.8, 4) is 22.8 Å². The number of anilines is 1. The first kappa shape index (κ1) is 18.9. The van der Waals surface area contributed by atoms with Crippen LogP contribution in [0, 0.1) is 0 Å². The van der Waals surface area contributed by atoms with Crippen molar-refractivity contribution in [3.05, 3.63) is 54.0 Å². The monoisotopic (exact) mass is 394 g/mol. The maximum absolute atomic E-state index is 12.9. The quantitative estimate of drug-likeness (QED) is 0.613. The SMILES string of the molecule is COCCn1cc(N2Cc3cc(-c4cnc(OC)c(OC)c4)ccc3C2=O)cn1. The fraction of sp³-hybridized carbons (Fsp3) is 0.286. The van der Waals surface area contributed by atoms with Gasteiger partial charge in [0.2, 0.25) is 0 Å². The van der Waals surface area contributed by atoms with Crippen molar-refractivity contribution in [2.24, 2.45) is 0 Å². The van der Waals surface area contributed by atoms with Crippen molar-refractivity contribution in [1.29, 1.82) is 0 Å². The van der Waals surface area contributed by atoms with Gasteiger partial charge in [-0.25, -0.2) is 4.98 Å². The number of methoxy groups -OCH3 is 3. The van der Waals surface area contributed by atoms with E-state index >= 15 is 0 Å². The van der Waals surface area contributed by atoms with Gasteiger partial charge in [0.1, 0.15) is 0 Å². The third-order valence-electron chi connectivity index (χ3n) is 4.93. The summed E-state index contributed by atoms with van der Waals surface area (Å²) >= 11 is 0. The number of carbonyl (C=O) groups is 1. The van der Waals surface area contributed by atoms with Crippen LogP contribution in [0.15, 0.2) is 42.9 Å². The molecule has 0 saturated carbocycles. The molecule has 8 heteroatoms. The minimum absolute atomic E-state index is 0.0247. The number of ether oxygens (including phenoxy) is 3. The van der Waals surface area contributed by atoms with E-state index in [-0.39, 0.29) is 5.91 Å². The fourth-order valence-corrected chi connectivity index (χ4v) is 3.40. The third kappa shape index (κ3) is 3.54. The average Bonchev–Trinajstić information content (AvgIpc) is 3.35. The van der Waals surface area contributed by atoms with E-state index < -0.39 is 0 Å². The van der Waals surface area contributed by atoms with Crippen molar-refractivity contribution in [2.75, 3.05) is 32.8 Å². The number of amides is 1. The van der Waals surface area contributed by atoms with E-state index in [9.17, 15) is 4.79 Å². The number of hydrogen-bond acceptors (Lipinski definition) is 6. The second-order valence-corrected chi connectivity index (χ2v) is 6.65. The summed E-state index contributed by atoms with van der Waals surface area (Å²) < 4.78 is 17.4. The lowest BCUT2D eigenvalue weighted by Crippen LogP contribution is -2.22. The fourth-order valence-electron chi connectivity index (χ4n) is 3.40. The number of aromatic nitrogens is 3. The largest absolute Gasteiger partial charge is 0.491 e. The van der Waals surface area contributed by atoms with E-state index in [2.05, 4.69) is 10.1 Å². The highest BCUT2D eigenvalue weighted by molar-refractivity contribution is 6.10. The lowest BCUT2D eigenvalue weighted by atomic mass is 10.0. The first-order chi connectivity index (χ1) is 14.1. The van der Waals surface area contributed by atoms with Gasteiger partial charge in [-0.15, -0.1) is 0 Å². The summed E-state index contributed by atoms with van der Waals surface area (Å²) in [5.74, 6) is 0.971. The predicted molar refractivity (Wildman–Crippen MR) is 107 cm³/mol. The van der Waals surface area contributed by atoms with Crippen molar-refractivity contribution < 1.29 is 19.0 Å².